The Morgan fingerprint density at radius 3 is 2.48 bits per heavy atom. The molecule has 3 nitrogen and oxygen atoms in total. The van der Waals surface area contributed by atoms with Gasteiger partial charge in [0.05, 0.1) is 0 Å². The number of hydrogen-bond donors (Lipinski definition) is 0. The van der Waals surface area contributed by atoms with Crippen LogP contribution in [0.3, 0.4) is 0 Å². The zero-order valence-electron chi connectivity index (χ0n) is 17.3. The monoisotopic (exact) mass is 368 g/mol. The Labute approximate surface area is 165 Å². The van der Waals surface area contributed by atoms with Crippen molar-refractivity contribution in [2.45, 2.75) is 46.0 Å². The minimum absolute atomic E-state index is 0.466. The van der Waals surface area contributed by atoms with E-state index < -0.39 is 0 Å². The predicted octanol–water partition coefficient (Wildman–Crippen LogP) is 4.83. The summed E-state index contributed by atoms with van der Waals surface area (Å²) in [5.74, 6) is 0.841. The third kappa shape index (κ3) is 4.75. The summed E-state index contributed by atoms with van der Waals surface area (Å²) in [6.45, 7) is 12.7. The molecule has 0 spiro atoms. The number of para-hydroxylation sites is 1. The van der Waals surface area contributed by atoms with Gasteiger partial charge in [-0.05, 0) is 55.1 Å². The normalized spacial score (nSPS) is 24.7. The summed E-state index contributed by atoms with van der Waals surface area (Å²) >= 11 is 0. The first-order valence-corrected chi connectivity index (χ1v) is 10.9. The van der Waals surface area contributed by atoms with Crippen molar-refractivity contribution in [2.75, 3.05) is 50.8 Å². The topological polar surface area (TPSA) is 15.7 Å². The number of rotatable bonds is 4. The third-order valence-electron chi connectivity index (χ3n) is 6.79. The summed E-state index contributed by atoms with van der Waals surface area (Å²) in [7, 11) is 0. The molecule has 2 fully saturated rings. The lowest BCUT2D eigenvalue weighted by Gasteiger charge is -2.39. The van der Waals surface area contributed by atoms with Gasteiger partial charge in [-0.15, -0.1) is 0 Å². The quantitative estimate of drug-likeness (QED) is 0.757. The summed E-state index contributed by atoms with van der Waals surface area (Å²) in [5, 5.41) is 0. The highest BCUT2D eigenvalue weighted by Crippen LogP contribution is 2.40. The van der Waals surface area contributed by atoms with Crippen molar-refractivity contribution in [1.82, 2.24) is 4.90 Å². The van der Waals surface area contributed by atoms with Gasteiger partial charge in [-0.3, -0.25) is 4.90 Å². The summed E-state index contributed by atoms with van der Waals surface area (Å²) in [6, 6.07) is 9.10. The van der Waals surface area contributed by atoms with Gasteiger partial charge in [0, 0.05) is 57.2 Å². The molecule has 1 aromatic carbocycles. The van der Waals surface area contributed by atoms with E-state index >= 15 is 0 Å². The maximum atomic E-state index is 5.52. The maximum absolute atomic E-state index is 5.52. The summed E-state index contributed by atoms with van der Waals surface area (Å²) in [6.07, 6.45) is 8.71. The van der Waals surface area contributed by atoms with Gasteiger partial charge in [0.2, 0.25) is 0 Å². The molecule has 0 amide bonds. The molecule has 0 saturated carbocycles. The minimum atomic E-state index is 0.466. The fourth-order valence-electron chi connectivity index (χ4n) is 4.81. The lowest BCUT2D eigenvalue weighted by molar-refractivity contribution is 0.0517. The second-order valence-electron chi connectivity index (χ2n) is 9.46. The molecule has 0 radical (unpaired) electrons. The number of allylic oxidation sites excluding steroid dienone is 2. The predicted molar refractivity (Wildman–Crippen MR) is 114 cm³/mol. The largest absolute Gasteiger partial charge is 0.381 e. The van der Waals surface area contributed by atoms with Crippen molar-refractivity contribution in [3.05, 3.63) is 35.9 Å². The molecule has 148 valence electrons. The first-order valence-electron chi connectivity index (χ1n) is 10.9. The van der Waals surface area contributed by atoms with Crippen LogP contribution in [0.15, 0.2) is 30.3 Å². The molecule has 3 aliphatic rings. The number of piperazine rings is 1. The number of benzene rings is 1. The first-order chi connectivity index (χ1) is 13.1. The van der Waals surface area contributed by atoms with Crippen LogP contribution >= 0.6 is 0 Å². The molecule has 0 N–H and O–H groups in total. The van der Waals surface area contributed by atoms with E-state index in [1.807, 2.05) is 0 Å². The van der Waals surface area contributed by atoms with E-state index in [0.29, 0.717) is 5.41 Å². The molecule has 3 heteroatoms. The van der Waals surface area contributed by atoms with Crippen molar-refractivity contribution < 1.29 is 4.74 Å². The smallest absolute Gasteiger partial charge is 0.0469 e. The van der Waals surface area contributed by atoms with E-state index in [1.54, 1.807) is 5.57 Å². The highest BCUT2D eigenvalue weighted by atomic mass is 16.5. The van der Waals surface area contributed by atoms with E-state index in [1.165, 1.54) is 63.0 Å². The van der Waals surface area contributed by atoms with Gasteiger partial charge < -0.3 is 9.64 Å². The van der Waals surface area contributed by atoms with Crippen molar-refractivity contribution in [3.8, 4) is 0 Å². The second-order valence-corrected chi connectivity index (χ2v) is 9.46. The van der Waals surface area contributed by atoms with Gasteiger partial charge >= 0.3 is 0 Å². The fraction of sp³-hybridized carbons (Fsp3) is 0.667. The van der Waals surface area contributed by atoms with Gasteiger partial charge in [0.1, 0.15) is 0 Å². The number of nitrogens with zero attached hydrogens (tertiary/aromatic N) is 2. The van der Waals surface area contributed by atoms with Gasteiger partial charge in [0.25, 0.3) is 0 Å². The molecular weight excluding hydrogens is 332 g/mol. The molecule has 0 unspecified atom stereocenters. The van der Waals surface area contributed by atoms with Crippen LogP contribution in [0.1, 0.15) is 51.5 Å². The molecule has 0 atom stereocenters. The Kier molecular flexibility index (Phi) is 5.89. The van der Waals surface area contributed by atoms with Crippen LogP contribution in [0.2, 0.25) is 0 Å². The van der Waals surface area contributed by atoms with E-state index in [0.717, 1.165) is 32.2 Å². The molecule has 1 aliphatic carbocycles. The molecular formula is C24H36N2O. The maximum Gasteiger partial charge on any atom is 0.0469 e. The van der Waals surface area contributed by atoms with Crippen molar-refractivity contribution in [1.29, 1.82) is 0 Å². The zero-order valence-corrected chi connectivity index (χ0v) is 17.3. The van der Waals surface area contributed by atoms with Crippen LogP contribution in [-0.2, 0) is 4.74 Å². The van der Waals surface area contributed by atoms with Gasteiger partial charge in [0.15, 0.2) is 0 Å². The molecule has 1 aromatic rings. The Morgan fingerprint density at radius 1 is 1.04 bits per heavy atom. The number of anilines is 1. The standard InChI is InChI=1S/C24H36N2O/c1-24(2)11-7-21(8-12-24)22-5-3-4-6-23(22)26-15-13-25(14-16-26)19-20-9-17-27-18-10-20/h3-7,20H,8-19H2,1-2H3. The minimum Gasteiger partial charge on any atom is -0.381 e. The molecule has 27 heavy (non-hydrogen) atoms. The van der Waals surface area contributed by atoms with Crippen LogP contribution in [0.5, 0.6) is 0 Å². The lowest BCUT2D eigenvalue weighted by Crippen LogP contribution is -2.48. The van der Waals surface area contributed by atoms with Crippen LogP contribution in [0, 0.1) is 11.3 Å². The van der Waals surface area contributed by atoms with E-state index in [4.69, 9.17) is 4.74 Å². The summed E-state index contributed by atoms with van der Waals surface area (Å²) < 4.78 is 5.52. The average Bonchev–Trinajstić information content (AvgIpc) is 2.70. The summed E-state index contributed by atoms with van der Waals surface area (Å²) in [5.41, 5.74) is 4.96. The van der Waals surface area contributed by atoms with Crippen molar-refractivity contribution in [3.63, 3.8) is 0 Å². The molecule has 2 saturated heterocycles. The molecule has 2 aliphatic heterocycles. The third-order valence-corrected chi connectivity index (χ3v) is 6.79. The van der Waals surface area contributed by atoms with Gasteiger partial charge in [-0.2, -0.15) is 0 Å². The second kappa shape index (κ2) is 8.36. The first kappa shape index (κ1) is 19.0. The molecule has 0 aromatic heterocycles. The van der Waals surface area contributed by atoms with Crippen LogP contribution in [0.4, 0.5) is 5.69 Å². The fourth-order valence-corrected chi connectivity index (χ4v) is 4.81. The highest BCUT2D eigenvalue weighted by molar-refractivity contribution is 5.77. The Bertz CT molecular complexity index is 652. The number of ether oxygens (including phenoxy) is 1. The molecule has 2 heterocycles. The van der Waals surface area contributed by atoms with E-state index in [-0.39, 0.29) is 0 Å². The lowest BCUT2D eigenvalue weighted by atomic mass is 9.77. The Morgan fingerprint density at radius 2 is 1.78 bits per heavy atom. The van der Waals surface area contributed by atoms with Gasteiger partial charge in [-0.25, -0.2) is 0 Å². The average molecular weight is 369 g/mol. The molecule has 4 rings (SSSR count). The highest BCUT2D eigenvalue weighted by Gasteiger charge is 2.26. The van der Waals surface area contributed by atoms with Gasteiger partial charge in [-0.1, -0.05) is 38.1 Å². The SMILES string of the molecule is CC1(C)CC=C(c2ccccc2N2CCN(CC3CCOCC3)CC2)CC1. The summed E-state index contributed by atoms with van der Waals surface area (Å²) in [4.78, 5) is 5.30. The molecule has 0 bridgehead atoms. The van der Waals surface area contributed by atoms with Crippen LogP contribution in [0.25, 0.3) is 5.57 Å². The van der Waals surface area contributed by atoms with Crippen molar-refractivity contribution >= 4 is 11.3 Å². The van der Waals surface area contributed by atoms with Crippen LogP contribution in [-0.4, -0.2) is 50.8 Å². The Hall–Kier alpha value is -1.32. The zero-order chi connectivity index (χ0) is 18.7. The van der Waals surface area contributed by atoms with E-state index in [9.17, 15) is 0 Å². The van der Waals surface area contributed by atoms with Crippen LogP contribution < -0.4 is 4.90 Å². The Balaban J connectivity index is 1.39. The van der Waals surface area contributed by atoms with E-state index in [2.05, 4.69) is 54.0 Å². The van der Waals surface area contributed by atoms with Crippen molar-refractivity contribution in [2.24, 2.45) is 11.3 Å². The number of hydrogen-bond acceptors (Lipinski definition) is 3.